The summed E-state index contributed by atoms with van der Waals surface area (Å²) in [5, 5.41) is 0. The Labute approximate surface area is 248 Å². The Morgan fingerprint density at radius 1 is 0.667 bits per heavy atom. The molecule has 12 nitrogen and oxygen atoms in total. The number of nitrogens with zero attached hydrogens (tertiary/aromatic N) is 4. The van der Waals surface area contributed by atoms with Crippen molar-refractivity contribution < 1.29 is 38.2 Å². The highest BCUT2D eigenvalue weighted by Crippen LogP contribution is 2.24. The van der Waals surface area contributed by atoms with E-state index in [1.165, 1.54) is 19.6 Å². The van der Waals surface area contributed by atoms with Crippen LogP contribution < -0.4 is 0 Å². The number of carbonyl (C=O) groups is 6. The fourth-order valence-electron chi connectivity index (χ4n) is 4.91. The van der Waals surface area contributed by atoms with Crippen LogP contribution in [0.2, 0.25) is 0 Å². The number of imide groups is 2. The Morgan fingerprint density at radius 3 is 1.38 bits per heavy atom. The molecule has 0 aromatic rings. The predicted octanol–water partition coefficient (Wildman–Crippen LogP) is 2.55. The van der Waals surface area contributed by atoms with Gasteiger partial charge in [-0.05, 0) is 53.4 Å². The number of rotatable bonds is 17. The molecule has 0 N–H and O–H groups in total. The van der Waals surface area contributed by atoms with E-state index in [-0.39, 0.29) is 76.9 Å². The van der Waals surface area contributed by atoms with Gasteiger partial charge in [0.1, 0.15) is 12.1 Å². The lowest BCUT2D eigenvalue weighted by Crippen LogP contribution is -2.36. The number of hydrogen-bond acceptors (Lipinski definition) is 8. The summed E-state index contributed by atoms with van der Waals surface area (Å²) >= 11 is 0. The van der Waals surface area contributed by atoms with Gasteiger partial charge in [-0.25, -0.2) is 9.59 Å². The van der Waals surface area contributed by atoms with Gasteiger partial charge in [-0.3, -0.25) is 29.0 Å². The van der Waals surface area contributed by atoms with Crippen LogP contribution in [-0.2, 0) is 28.7 Å². The molecule has 2 fully saturated rings. The summed E-state index contributed by atoms with van der Waals surface area (Å²) in [5.74, 6) is 9.58. The van der Waals surface area contributed by atoms with E-state index in [1.807, 2.05) is 0 Å². The average molecular weight is 587 g/mol. The van der Waals surface area contributed by atoms with Crippen molar-refractivity contribution in [1.29, 1.82) is 0 Å². The third kappa shape index (κ3) is 9.23. The van der Waals surface area contributed by atoms with E-state index >= 15 is 0 Å². The maximum absolute atomic E-state index is 13.0. The minimum Gasteiger partial charge on any atom is -0.466 e. The van der Waals surface area contributed by atoms with E-state index in [2.05, 4.69) is 23.7 Å². The molecular formula is C30H42N4O8. The molecule has 42 heavy (non-hydrogen) atoms. The molecular weight excluding hydrogens is 544 g/mol. The maximum Gasteiger partial charge on any atom is 0.328 e. The second-order valence-corrected chi connectivity index (χ2v) is 9.79. The van der Waals surface area contributed by atoms with Crippen molar-refractivity contribution in [3.8, 4) is 23.7 Å². The van der Waals surface area contributed by atoms with Crippen LogP contribution in [0.15, 0.2) is 0 Å². The fraction of sp³-hybridized carbons (Fsp3) is 0.667. The predicted molar refractivity (Wildman–Crippen MR) is 152 cm³/mol. The summed E-state index contributed by atoms with van der Waals surface area (Å²) in [6.45, 7) is 7.86. The van der Waals surface area contributed by atoms with E-state index in [4.69, 9.17) is 9.47 Å². The molecule has 0 aliphatic carbocycles. The van der Waals surface area contributed by atoms with Gasteiger partial charge in [0.25, 0.3) is 11.8 Å². The summed E-state index contributed by atoms with van der Waals surface area (Å²) < 4.78 is 9.90. The van der Waals surface area contributed by atoms with E-state index in [0.29, 0.717) is 25.7 Å². The van der Waals surface area contributed by atoms with Crippen molar-refractivity contribution in [2.24, 2.45) is 0 Å². The molecule has 0 radical (unpaired) electrons. The average Bonchev–Trinajstić information content (AvgIpc) is 3.32. The second kappa shape index (κ2) is 17.7. The van der Waals surface area contributed by atoms with Crippen molar-refractivity contribution in [3.63, 3.8) is 0 Å². The van der Waals surface area contributed by atoms with Crippen molar-refractivity contribution in [2.75, 3.05) is 39.4 Å². The topological polar surface area (TPSA) is 134 Å². The summed E-state index contributed by atoms with van der Waals surface area (Å²) in [4.78, 5) is 80.8. The van der Waals surface area contributed by atoms with Gasteiger partial charge in [-0.1, -0.05) is 24.7 Å². The molecule has 2 aliphatic heterocycles. The summed E-state index contributed by atoms with van der Waals surface area (Å²) in [5.41, 5.74) is 0. The number of unbranched alkanes of at least 4 members (excludes halogenated alkanes) is 3. The third-order valence-corrected chi connectivity index (χ3v) is 7.03. The van der Waals surface area contributed by atoms with Crippen molar-refractivity contribution in [3.05, 3.63) is 0 Å². The summed E-state index contributed by atoms with van der Waals surface area (Å²) in [7, 11) is 0. The van der Waals surface area contributed by atoms with Crippen LogP contribution in [0.3, 0.4) is 0 Å². The lowest BCUT2D eigenvalue weighted by molar-refractivity contribution is -0.144. The van der Waals surface area contributed by atoms with Gasteiger partial charge in [0.2, 0.25) is 0 Å². The smallest absolute Gasteiger partial charge is 0.328 e. The molecule has 6 amide bonds. The first-order chi connectivity index (χ1) is 20.2. The van der Waals surface area contributed by atoms with E-state index in [9.17, 15) is 28.8 Å². The molecule has 2 heterocycles. The first-order valence-electron chi connectivity index (χ1n) is 14.6. The number of hydrogen-bond donors (Lipinski definition) is 0. The first-order valence-corrected chi connectivity index (χ1v) is 14.6. The fourth-order valence-corrected chi connectivity index (χ4v) is 4.91. The van der Waals surface area contributed by atoms with Crippen LogP contribution in [0.25, 0.3) is 0 Å². The zero-order chi connectivity index (χ0) is 31.1. The Morgan fingerprint density at radius 2 is 1.05 bits per heavy atom. The van der Waals surface area contributed by atoms with Gasteiger partial charge in [-0.15, -0.1) is 11.8 Å². The highest BCUT2D eigenvalue weighted by Gasteiger charge is 2.45. The molecule has 0 bridgehead atoms. The van der Waals surface area contributed by atoms with E-state index < -0.39 is 36.1 Å². The quantitative estimate of drug-likeness (QED) is 0.110. The lowest BCUT2D eigenvalue weighted by atomic mass is 10.1. The molecule has 2 unspecified atom stereocenters. The van der Waals surface area contributed by atoms with Crippen LogP contribution in [-0.4, -0.2) is 107 Å². The van der Waals surface area contributed by atoms with Crippen LogP contribution >= 0.6 is 0 Å². The molecule has 0 spiro atoms. The largest absolute Gasteiger partial charge is 0.466 e. The third-order valence-electron chi connectivity index (χ3n) is 7.03. The molecule has 2 rings (SSSR count). The Hall–Kier alpha value is -4.06. The number of amides is 6. The van der Waals surface area contributed by atoms with Crippen LogP contribution in [0.1, 0.15) is 79.1 Å². The molecule has 2 aliphatic rings. The molecule has 0 aromatic heterocycles. The summed E-state index contributed by atoms with van der Waals surface area (Å²) in [6, 6.07) is -2.36. The Kier molecular flexibility index (Phi) is 14.4. The highest BCUT2D eigenvalue weighted by molar-refractivity contribution is 6.05. The number of carbonyl (C=O) groups excluding carboxylic acids is 6. The molecule has 2 atom stereocenters. The minimum atomic E-state index is -0.757. The standard InChI is InChI=1S/C30H42N4O8/c1-5-9-19-31-23(15-17-25(35)41-7-3)27(37)33(29(31)39)21-13-11-12-14-22-34-28(38)24(16-18-26(36)42-8-4)32(30(34)40)20-10-6-2/h23-24H,7-8,11-22H2,1-4H3. The van der Waals surface area contributed by atoms with Gasteiger partial charge in [0, 0.05) is 25.9 Å². The van der Waals surface area contributed by atoms with Gasteiger partial charge in [0.05, 0.1) is 26.3 Å². The normalized spacial score (nSPS) is 18.2. The van der Waals surface area contributed by atoms with E-state index in [0.717, 1.165) is 0 Å². The van der Waals surface area contributed by atoms with Gasteiger partial charge < -0.3 is 19.3 Å². The molecule has 0 saturated carbocycles. The minimum absolute atomic E-state index is 0.0293. The van der Waals surface area contributed by atoms with Crippen molar-refractivity contribution in [2.45, 2.75) is 91.1 Å². The SMILES string of the molecule is CC#CCN1C(=O)N(CCCCCCN2C(=O)C(CCC(=O)OCC)N(CC#CC)C2=O)C(=O)C1CCC(=O)OCC. The monoisotopic (exact) mass is 586 g/mol. The van der Waals surface area contributed by atoms with Gasteiger partial charge in [0.15, 0.2) is 0 Å². The maximum atomic E-state index is 13.0. The molecule has 2 saturated heterocycles. The lowest BCUT2D eigenvalue weighted by Gasteiger charge is -2.18. The number of ether oxygens (including phenoxy) is 2. The van der Waals surface area contributed by atoms with Gasteiger partial charge >= 0.3 is 24.0 Å². The second-order valence-electron chi connectivity index (χ2n) is 9.79. The zero-order valence-corrected chi connectivity index (χ0v) is 25.1. The number of esters is 2. The van der Waals surface area contributed by atoms with Crippen LogP contribution in [0.5, 0.6) is 0 Å². The molecule has 0 aromatic carbocycles. The Bertz CT molecular complexity index is 1040. The van der Waals surface area contributed by atoms with Gasteiger partial charge in [-0.2, -0.15) is 0 Å². The molecule has 12 heteroatoms. The van der Waals surface area contributed by atoms with Crippen LogP contribution in [0, 0.1) is 23.7 Å². The number of urea groups is 2. The van der Waals surface area contributed by atoms with Crippen molar-refractivity contribution >= 4 is 35.8 Å². The Balaban J connectivity index is 1.87. The van der Waals surface area contributed by atoms with Crippen LogP contribution in [0.4, 0.5) is 9.59 Å². The summed E-state index contributed by atoms with van der Waals surface area (Å²) in [6.07, 6.45) is 2.85. The zero-order valence-electron chi connectivity index (χ0n) is 25.1. The first kappa shape index (κ1) is 34.1. The molecule has 230 valence electrons. The van der Waals surface area contributed by atoms with E-state index in [1.54, 1.807) is 27.7 Å². The van der Waals surface area contributed by atoms with Crippen molar-refractivity contribution in [1.82, 2.24) is 19.6 Å². The highest BCUT2D eigenvalue weighted by atomic mass is 16.5.